The van der Waals surface area contributed by atoms with Gasteiger partial charge in [0.15, 0.2) is 0 Å². The van der Waals surface area contributed by atoms with Crippen LogP contribution in [0.25, 0.3) is 0 Å². The Morgan fingerprint density at radius 3 is 2.56 bits per heavy atom. The van der Waals surface area contributed by atoms with E-state index in [1.165, 1.54) is 7.11 Å². The number of methoxy groups -OCH3 is 1. The first kappa shape index (κ1) is 14.8. The third kappa shape index (κ3) is 4.56. The topological polar surface area (TPSA) is 29.5 Å². The zero-order chi connectivity index (χ0) is 13.8. The largest absolute Gasteiger partial charge is 0.496 e. The molecule has 0 spiro atoms. The number of rotatable bonds is 5. The van der Waals surface area contributed by atoms with Gasteiger partial charge < -0.3 is 9.84 Å². The molecule has 0 amide bonds. The highest BCUT2D eigenvalue weighted by molar-refractivity contribution is 5.38. The summed E-state index contributed by atoms with van der Waals surface area (Å²) in [5.74, 6) is 0.500. The monoisotopic (exact) mass is 262 g/mol. The van der Waals surface area contributed by atoms with E-state index in [9.17, 15) is 18.3 Å². The van der Waals surface area contributed by atoms with Gasteiger partial charge in [-0.25, -0.2) is 0 Å². The first-order valence-corrected chi connectivity index (χ1v) is 5.73. The number of benzene rings is 1. The summed E-state index contributed by atoms with van der Waals surface area (Å²) in [5.41, 5.74) is 1.47. The van der Waals surface area contributed by atoms with Gasteiger partial charge in [-0.2, -0.15) is 13.2 Å². The van der Waals surface area contributed by atoms with E-state index in [0.29, 0.717) is 11.3 Å². The lowest BCUT2D eigenvalue weighted by atomic mass is 10.0. The molecule has 2 nitrogen and oxygen atoms in total. The summed E-state index contributed by atoms with van der Waals surface area (Å²) < 4.78 is 41.1. The van der Waals surface area contributed by atoms with Crippen LogP contribution in [0.2, 0.25) is 0 Å². The molecule has 1 atom stereocenters. The fraction of sp³-hybridized carbons (Fsp3) is 0.538. The predicted molar refractivity (Wildman–Crippen MR) is 62.6 cm³/mol. The Labute approximate surface area is 104 Å². The van der Waals surface area contributed by atoms with Crippen LogP contribution in [0.5, 0.6) is 5.75 Å². The molecule has 1 N–H and O–H groups in total. The van der Waals surface area contributed by atoms with Crippen LogP contribution >= 0.6 is 0 Å². The standard InChI is InChI=1S/C13H17F3O2/c1-9-5-6-12(18-2)10(8-9)11(17)4-3-7-13(14,15)16/h5-6,8,11,17H,3-4,7H2,1-2H3. The highest BCUT2D eigenvalue weighted by Gasteiger charge is 2.27. The number of ether oxygens (including phenoxy) is 1. The smallest absolute Gasteiger partial charge is 0.389 e. The average molecular weight is 262 g/mol. The molecule has 5 heteroatoms. The molecule has 0 heterocycles. The number of aryl methyl sites for hydroxylation is 1. The Kier molecular flexibility index (Phi) is 5.02. The summed E-state index contributed by atoms with van der Waals surface area (Å²) in [4.78, 5) is 0. The van der Waals surface area contributed by atoms with Gasteiger partial charge in [0, 0.05) is 12.0 Å². The molecular weight excluding hydrogens is 245 g/mol. The number of hydrogen-bond donors (Lipinski definition) is 1. The van der Waals surface area contributed by atoms with Gasteiger partial charge in [-0.3, -0.25) is 0 Å². The van der Waals surface area contributed by atoms with Crippen LogP contribution in [0.3, 0.4) is 0 Å². The van der Waals surface area contributed by atoms with Crippen LogP contribution in [-0.2, 0) is 0 Å². The van der Waals surface area contributed by atoms with Crippen molar-refractivity contribution >= 4 is 0 Å². The molecule has 0 aromatic heterocycles. The number of hydrogen-bond acceptors (Lipinski definition) is 2. The minimum absolute atomic E-state index is 0.0688. The van der Waals surface area contributed by atoms with E-state index in [1.807, 2.05) is 13.0 Å². The zero-order valence-electron chi connectivity index (χ0n) is 10.4. The first-order valence-electron chi connectivity index (χ1n) is 5.73. The maximum atomic E-state index is 12.0. The van der Waals surface area contributed by atoms with Gasteiger partial charge in [-0.15, -0.1) is 0 Å². The summed E-state index contributed by atoms with van der Waals surface area (Å²) in [6, 6.07) is 5.26. The van der Waals surface area contributed by atoms with Crippen LogP contribution in [0.1, 0.15) is 36.5 Å². The van der Waals surface area contributed by atoms with Crippen LogP contribution < -0.4 is 4.74 Å². The fourth-order valence-corrected chi connectivity index (χ4v) is 1.77. The molecule has 0 bridgehead atoms. The second-order valence-corrected chi connectivity index (χ2v) is 4.27. The molecule has 0 saturated carbocycles. The molecular formula is C13H17F3O2. The van der Waals surface area contributed by atoms with E-state index >= 15 is 0 Å². The second-order valence-electron chi connectivity index (χ2n) is 4.27. The molecule has 0 aliphatic heterocycles. The summed E-state index contributed by atoms with van der Waals surface area (Å²) in [7, 11) is 1.47. The minimum atomic E-state index is -4.17. The van der Waals surface area contributed by atoms with Crippen molar-refractivity contribution in [3.05, 3.63) is 29.3 Å². The first-order chi connectivity index (χ1) is 8.33. The van der Waals surface area contributed by atoms with E-state index in [-0.39, 0.29) is 12.8 Å². The van der Waals surface area contributed by atoms with Crippen LogP contribution in [0.4, 0.5) is 13.2 Å². The summed E-state index contributed by atoms with van der Waals surface area (Å²) in [5, 5.41) is 9.91. The maximum absolute atomic E-state index is 12.0. The molecule has 18 heavy (non-hydrogen) atoms. The minimum Gasteiger partial charge on any atom is -0.496 e. The molecule has 1 aromatic carbocycles. The highest BCUT2D eigenvalue weighted by atomic mass is 19.4. The normalized spacial score (nSPS) is 13.4. The van der Waals surface area contributed by atoms with Crippen LogP contribution in [-0.4, -0.2) is 18.4 Å². The summed E-state index contributed by atoms with van der Waals surface area (Å²) in [6.07, 6.45) is -6.00. The third-order valence-corrected chi connectivity index (χ3v) is 2.68. The van der Waals surface area contributed by atoms with Crippen molar-refractivity contribution in [2.45, 2.75) is 38.5 Å². The van der Waals surface area contributed by atoms with Crippen molar-refractivity contribution in [2.24, 2.45) is 0 Å². The van der Waals surface area contributed by atoms with E-state index in [1.54, 1.807) is 12.1 Å². The number of halogens is 3. The van der Waals surface area contributed by atoms with Crippen LogP contribution in [0.15, 0.2) is 18.2 Å². The van der Waals surface area contributed by atoms with Crippen molar-refractivity contribution < 1.29 is 23.0 Å². The average Bonchev–Trinajstić information content (AvgIpc) is 2.27. The SMILES string of the molecule is COc1ccc(C)cc1C(O)CCCC(F)(F)F. The Balaban J connectivity index is 2.66. The van der Waals surface area contributed by atoms with E-state index < -0.39 is 18.7 Å². The molecule has 0 fully saturated rings. The van der Waals surface area contributed by atoms with Gasteiger partial charge in [0.1, 0.15) is 5.75 Å². The molecule has 0 aliphatic carbocycles. The van der Waals surface area contributed by atoms with Crippen molar-refractivity contribution in [3.63, 3.8) is 0 Å². The number of aliphatic hydroxyl groups excluding tert-OH is 1. The lowest BCUT2D eigenvalue weighted by Crippen LogP contribution is -2.08. The molecule has 0 saturated heterocycles. The van der Waals surface area contributed by atoms with E-state index in [4.69, 9.17) is 4.74 Å². The molecule has 1 rings (SSSR count). The molecule has 1 aromatic rings. The van der Waals surface area contributed by atoms with Crippen molar-refractivity contribution in [2.75, 3.05) is 7.11 Å². The van der Waals surface area contributed by atoms with Gasteiger partial charge in [-0.05, 0) is 31.9 Å². The van der Waals surface area contributed by atoms with Gasteiger partial charge >= 0.3 is 6.18 Å². The molecule has 0 radical (unpaired) electrons. The second kappa shape index (κ2) is 6.09. The Morgan fingerprint density at radius 1 is 1.33 bits per heavy atom. The predicted octanol–water partition coefficient (Wildman–Crippen LogP) is 3.77. The van der Waals surface area contributed by atoms with Crippen molar-refractivity contribution in [3.8, 4) is 5.75 Å². The summed E-state index contributed by atoms with van der Waals surface area (Å²) >= 11 is 0. The molecule has 102 valence electrons. The third-order valence-electron chi connectivity index (χ3n) is 2.68. The quantitative estimate of drug-likeness (QED) is 0.875. The van der Waals surface area contributed by atoms with E-state index in [0.717, 1.165) is 5.56 Å². The fourth-order valence-electron chi connectivity index (χ4n) is 1.77. The van der Waals surface area contributed by atoms with E-state index in [2.05, 4.69) is 0 Å². The number of alkyl halides is 3. The zero-order valence-corrected chi connectivity index (χ0v) is 10.4. The molecule has 0 aliphatic rings. The van der Waals surface area contributed by atoms with Crippen molar-refractivity contribution in [1.82, 2.24) is 0 Å². The van der Waals surface area contributed by atoms with Gasteiger partial charge in [0.05, 0.1) is 13.2 Å². The lowest BCUT2D eigenvalue weighted by molar-refractivity contribution is -0.136. The summed E-state index contributed by atoms with van der Waals surface area (Å²) in [6.45, 7) is 1.85. The maximum Gasteiger partial charge on any atom is 0.389 e. The van der Waals surface area contributed by atoms with Crippen molar-refractivity contribution in [1.29, 1.82) is 0 Å². The highest BCUT2D eigenvalue weighted by Crippen LogP contribution is 2.31. The molecule has 1 unspecified atom stereocenters. The van der Waals surface area contributed by atoms with Gasteiger partial charge in [0.25, 0.3) is 0 Å². The Hall–Kier alpha value is -1.23. The lowest BCUT2D eigenvalue weighted by Gasteiger charge is -2.16. The Bertz CT molecular complexity index is 388. The van der Waals surface area contributed by atoms with Gasteiger partial charge in [-0.1, -0.05) is 11.6 Å². The number of aliphatic hydroxyl groups is 1. The van der Waals surface area contributed by atoms with Crippen LogP contribution in [0, 0.1) is 6.92 Å². The Morgan fingerprint density at radius 2 is 2.00 bits per heavy atom. The van der Waals surface area contributed by atoms with Gasteiger partial charge in [0.2, 0.25) is 0 Å².